The van der Waals surface area contributed by atoms with E-state index in [1.165, 1.54) is 141 Å². The Bertz CT molecular complexity index is 522. The van der Waals surface area contributed by atoms with Crippen molar-refractivity contribution in [1.82, 2.24) is 5.32 Å². The van der Waals surface area contributed by atoms with Gasteiger partial charge in [-0.05, 0) is 19.3 Å². The summed E-state index contributed by atoms with van der Waals surface area (Å²) in [5.41, 5.74) is 0. The van der Waals surface area contributed by atoms with Crippen molar-refractivity contribution in [2.45, 2.75) is 199 Å². The highest BCUT2D eigenvalue weighted by Gasteiger charge is 2.17. The quantitative estimate of drug-likeness (QED) is 0.0593. The van der Waals surface area contributed by atoms with Crippen LogP contribution >= 0.6 is 0 Å². The number of carbonyl (C=O) groups is 1. The Balaban J connectivity index is 3.57. The summed E-state index contributed by atoms with van der Waals surface area (Å²) < 4.78 is 0. The van der Waals surface area contributed by atoms with Gasteiger partial charge in [0.15, 0.2) is 0 Å². The smallest absolute Gasteiger partial charge is 0.220 e. The maximum Gasteiger partial charge on any atom is 0.220 e. The predicted octanol–water partition coefficient (Wildman–Crippen LogP) is 9.95. The van der Waals surface area contributed by atoms with E-state index in [0.717, 1.165) is 25.7 Å². The minimum absolute atomic E-state index is 0.0643. The summed E-state index contributed by atoms with van der Waals surface area (Å²) in [6, 6.07) is -0.613. The molecule has 0 aromatic carbocycles. The molecule has 0 radical (unpaired) electrons. The van der Waals surface area contributed by atoms with Crippen LogP contribution < -0.4 is 5.32 Å². The Morgan fingerprint density at radius 1 is 0.590 bits per heavy atom. The van der Waals surface area contributed by atoms with Crippen molar-refractivity contribution in [3.63, 3.8) is 0 Å². The van der Waals surface area contributed by atoms with Crippen LogP contribution in [-0.4, -0.2) is 34.9 Å². The topological polar surface area (TPSA) is 69.6 Å². The van der Waals surface area contributed by atoms with Crippen LogP contribution in [0.25, 0.3) is 0 Å². The van der Waals surface area contributed by atoms with Gasteiger partial charge >= 0.3 is 0 Å². The lowest BCUT2D eigenvalue weighted by Crippen LogP contribution is -2.45. The van der Waals surface area contributed by atoms with E-state index in [1.54, 1.807) is 6.08 Å². The molecule has 0 aliphatic rings. The van der Waals surface area contributed by atoms with Crippen LogP contribution in [0.3, 0.4) is 0 Å². The fourth-order valence-electron chi connectivity index (χ4n) is 5.29. The summed E-state index contributed by atoms with van der Waals surface area (Å²) >= 11 is 0. The van der Waals surface area contributed by atoms with E-state index in [-0.39, 0.29) is 12.5 Å². The van der Waals surface area contributed by atoms with Crippen molar-refractivity contribution < 1.29 is 15.0 Å². The predicted molar refractivity (Wildman–Crippen MR) is 170 cm³/mol. The van der Waals surface area contributed by atoms with Crippen LogP contribution in [0, 0.1) is 0 Å². The Labute approximate surface area is 244 Å². The number of aliphatic hydroxyl groups is 2. The molecule has 4 heteroatoms. The molecule has 232 valence electrons. The lowest BCUT2D eigenvalue weighted by atomic mass is 10.0. The summed E-state index contributed by atoms with van der Waals surface area (Å²) in [5.74, 6) is -0.0643. The van der Waals surface area contributed by atoms with Crippen LogP contribution in [0.1, 0.15) is 187 Å². The van der Waals surface area contributed by atoms with Gasteiger partial charge in [-0.15, -0.1) is 0 Å². The van der Waals surface area contributed by atoms with Crippen LogP contribution in [-0.2, 0) is 4.79 Å². The van der Waals surface area contributed by atoms with Crippen molar-refractivity contribution in [1.29, 1.82) is 0 Å². The molecule has 0 aromatic heterocycles. The van der Waals surface area contributed by atoms with Gasteiger partial charge in [0.2, 0.25) is 5.91 Å². The third-order valence-electron chi connectivity index (χ3n) is 8.02. The second kappa shape index (κ2) is 31.7. The molecule has 2 atom stereocenters. The summed E-state index contributed by atoms with van der Waals surface area (Å²) in [7, 11) is 0. The number of carbonyl (C=O) groups excluding carboxylic acids is 1. The summed E-state index contributed by atoms with van der Waals surface area (Å²) in [6.45, 7) is 4.28. The molecule has 0 saturated carbocycles. The lowest BCUT2D eigenvalue weighted by molar-refractivity contribution is -0.123. The highest BCUT2D eigenvalue weighted by molar-refractivity contribution is 5.76. The Hall–Kier alpha value is -0.870. The molecule has 0 rings (SSSR count). The molecular formula is C35H69NO3. The normalized spacial score (nSPS) is 13.2. The first-order chi connectivity index (χ1) is 19.2. The number of hydrogen-bond acceptors (Lipinski definition) is 3. The monoisotopic (exact) mass is 552 g/mol. The summed E-state index contributed by atoms with van der Waals surface area (Å²) in [5, 5.41) is 22.8. The van der Waals surface area contributed by atoms with Crippen molar-refractivity contribution in [3.05, 3.63) is 12.2 Å². The molecule has 0 fully saturated rings. The van der Waals surface area contributed by atoms with Gasteiger partial charge < -0.3 is 15.5 Å². The molecular weight excluding hydrogens is 482 g/mol. The zero-order valence-corrected chi connectivity index (χ0v) is 26.4. The molecule has 0 aliphatic carbocycles. The highest BCUT2D eigenvalue weighted by atomic mass is 16.3. The zero-order chi connectivity index (χ0) is 28.7. The van der Waals surface area contributed by atoms with E-state index in [1.807, 2.05) is 6.08 Å². The second-order valence-electron chi connectivity index (χ2n) is 11.9. The molecule has 39 heavy (non-hydrogen) atoms. The molecule has 0 heterocycles. The minimum Gasteiger partial charge on any atom is -0.394 e. The fourth-order valence-corrected chi connectivity index (χ4v) is 5.29. The average Bonchev–Trinajstić information content (AvgIpc) is 2.94. The molecule has 0 spiro atoms. The van der Waals surface area contributed by atoms with E-state index < -0.39 is 12.1 Å². The maximum atomic E-state index is 12.3. The Morgan fingerprint density at radius 2 is 0.949 bits per heavy atom. The number of aliphatic hydroxyl groups excluding tert-OH is 2. The molecule has 0 bridgehead atoms. The molecule has 0 saturated heterocycles. The van der Waals surface area contributed by atoms with Gasteiger partial charge in [0.05, 0.1) is 18.8 Å². The third-order valence-corrected chi connectivity index (χ3v) is 8.02. The summed E-state index contributed by atoms with van der Waals surface area (Å²) in [6.07, 6.45) is 37.2. The van der Waals surface area contributed by atoms with E-state index in [9.17, 15) is 15.0 Å². The Kier molecular flexibility index (Phi) is 30.9. The van der Waals surface area contributed by atoms with Crippen LogP contribution in [0.2, 0.25) is 0 Å². The van der Waals surface area contributed by atoms with Crippen molar-refractivity contribution in [2.75, 3.05) is 6.61 Å². The van der Waals surface area contributed by atoms with Gasteiger partial charge in [0.1, 0.15) is 0 Å². The fraction of sp³-hybridized carbons (Fsp3) is 0.914. The number of nitrogens with one attached hydrogen (secondary N) is 1. The van der Waals surface area contributed by atoms with Gasteiger partial charge in [-0.2, -0.15) is 0 Å². The van der Waals surface area contributed by atoms with Crippen molar-refractivity contribution >= 4 is 5.91 Å². The van der Waals surface area contributed by atoms with Gasteiger partial charge in [-0.1, -0.05) is 174 Å². The van der Waals surface area contributed by atoms with E-state index in [0.29, 0.717) is 6.42 Å². The van der Waals surface area contributed by atoms with Crippen molar-refractivity contribution in [2.24, 2.45) is 0 Å². The first kappa shape index (κ1) is 38.1. The molecule has 3 N–H and O–H groups in total. The minimum atomic E-state index is -0.830. The zero-order valence-electron chi connectivity index (χ0n) is 26.4. The molecule has 2 unspecified atom stereocenters. The molecule has 1 amide bonds. The number of unbranched alkanes of at least 4 members (excludes halogenated alkanes) is 24. The number of hydrogen-bond donors (Lipinski definition) is 3. The summed E-state index contributed by atoms with van der Waals surface area (Å²) in [4.78, 5) is 12.3. The van der Waals surface area contributed by atoms with E-state index in [4.69, 9.17) is 0 Å². The van der Waals surface area contributed by atoms with Gasteiger partial charge in [0.25, 0.3) is 0 Å². The second-order valence-corrected chi connectivity index (χ2v) is 11.9. The first-order valence-corrected chi connectivity index (χ1v) is 17.4. The molecule has 0 aromatic rings. The number of allylic oxidation sites excluding steroid dienone is 1. The van der Waals surface area contributed by atoms with Gasteiger partial charge in [-0.25, -0.2) is 0 Å². The average molecular weight is 552 g/mol. The van der Waals surface area contributed by atoms with Crippen molar-refractivity contribution in [3.8, 4) is 0 Å². The number of amides is 1. The van der Waals surface area contributed by atoms with Crippen LogP contribution in [0.4, 0.5) is 0 Å². The molecule has 0 aliphatic heterocycles. The largest absolute Gasteiger partial charge is 0.394 e. The third kappa shape index (κ3) is 28.5. The SMILES string of the molecule is CCCCCCCCCC/C=C/C(O)C(CO)NC(=O)CCCCCCCCCCCCCCCCCCC. The van der Waals surface area contributed by atoms with E-state index in [2.05, 4.69) is 19.2 Å². The van der Waals surface area contributed by atoms with E-state index >= 15 is 0 Å². The molecule has 4 nitrogen and oxygen atoms in total. The van der Waals surface area contributed by atoms with Gasteiger partial charge in [0, 0.05) is 6.42 Å². The Morgan fingerprint density at radius 3 is 1.33 bits per heavy atom. The standard InChI is InChI=1S/C35H69NO3/c1-3-5-7-9-11-13-15-16-17-18-19-20-21-23-25-27-29-31-35(39)36-33(32-37)34(38)30-28-26-24-22-14-12-10-8-6-4-2/h28,30,33-34,37-38H,3-27,29,31-32H2,1-2H3,(H,36,39)/b30-28+. The lowest BCUT2D eigenvalue weighted by Gasteiger charge is -2.20. The maximum absolute atomic E-state index is 12.3. The first-order valence-electron chi connectivity index (χ1n) is 17.4. The van der Waals surface area contributed by atoms with Gasteiger partial charge in [-0.3, -0.25) is 4.79 Å². The highest BCUT2D eigenvalue weighted by Crippen LogP contribution is 2.15. The number of rotatable bonds is 31. The van der Waals surface area contributed by atoms with Crippen LogP contribution in [0.5, 0.6) is 0 Å². The van der Waals surface area contributed by atoms with Crippen LogP contribution in [0.15, 0.2) is 12.2 Å².